The van der Waals surface area contributed by atoms with Crippen molar-refractivity contribution in [2.45, 2.75) is 347 Å². The van der Waals surface area contributed by atoms with Crippen molar-refractivity contribution < 1.29 is 20.1 Å². The topological polar surface area (TPSA) is 89.8 Å². The molecule has 0 aliphatic carbocycles. The van der Waals surface area contributed by atoms with Gasteiger partial charge in [-0.05, 0) is 44.9 Å². The molecule has 0 rings (SSSR count). The van der Waals surface area contributed by atoms with Crippen molar-refractivity contribution in [2.75, 3.05) is 6.61 Å². The summed E-state index contributed by atoms with van der Waals surface area (Å²) in [5, 5.41) is 33.7. The first kappa shape index (κ1) is 63.8. The van der Waals surface area contributed by atoms with Gasteiger partial charge in [-0.25, -0.2) is 0 Å². The van der Waals surface area contributed by atoms with Crippen LogP contribution in [0.3, 0.4) is 0 Å². The Hall–Kier alpha value is -1.17. The van der Waals surface area contributed by atoms with Gasteiger partial charge in [0, 0.05) is 0 Å². The Bertz CT molecular complexity index is 967. The molecule has 3 unspecified atom stereocenters. The SMILES string of the molecule is CCCCCCCCCCC/C=C\C/C=C\CCCCCCCCCCCCCC(O)CC(=O)NC(CO)C(O)CCCCCCCCCCCCCCCCCCCCCCCCC. The number of carbonyl (C=O) groups is 1. The molecule has 0 saturated heterocycles. The van der Waals surface area contributed by atoms with Crippen LogP contribution in [0.5, 0.6) is 0 Å². The van der Waals surface area contributed by atoms with E-state index in [9.17, 15) is 20.1 Å². The molecular formula is C60H117NO4. The van der Waals surface area contributed by atoms with E-state index in [1.54, 1.807) is 0 Å². The van der Waals surface area contributed by atoms with Crippen LogP contribution in [0.25, 0.3) is 0 Å². The molecule has 0 spiro atoms. The molecule has 0 aliphatic rings. The van der Waals surface area contributed by atoms with Crippen LogP contribution in [0.1, 0.15) is 328 Å². The zero-order valence-electron chi connectivity index (χ0n) is 44.1. The molecule has 0 aromatic rings. The Morgan fingerprint density at radius 3 is 0.969 bits per heavy atom. The molecule has 1 amide bonds. The van der Waals surface area contributed by atoms with Gasteiger partial charge in [0.15, 0.2) is 0 Å². The third kappa shape index (κ3) is 52.1. The highest BCUT2D eigenvalue weighted by Gasteiger charge is 2.21. The number of aliphatic hydroxyl groups excluding tert-OH is 3. The van der Waals surface area contributed by atoms with Gasteiger partial charge in [-0.2, -0.15) is 0 Å². The summed E-state index contributed by atoms with van der Waals surface area (Å²) in [5.41, 5.74) is 0. The summed E-state index contributed by atoms with van der Waals surface area (Å²) in [6, 6.07) is -0.659. The van der Waals surface area contributed by atoms with Crippen LogP contribution < -0.4 is 5.32 Å². The lowest BCUT2D eigenvalue weighted by Crippen LogP contribution is -2.46. The Morgan fingerprint density at radius 1 is 0.385 bits per heavy atom. The largest absolute Gasteiger partial charge is 0.394 e. The van der Waals surface area contributed by atoms with E-state index in [0.29, 0.717) is 12.8 Å². The van der Waals surface area contributed by atoms with Gasteiger partial charge >= 0.3 is 0 Å². The van der Waals surface area contributed by atoms with E-state index in [-0.39, 0.29) is 18.9 Å². The van der Waals surface area contributed by atoms with Crippen LogP contribution in [-0.2, 0) is 4.79 Å². The first-order valence-electron chi connectivity index (χ1n) is 29.6. The fraction of sp³-hybridized carbons (Fsp3) is 0.917. The van der Waals surface area contributed by atoms with Gasteiger partial charge in [0.05, 0.1) is 31.3 Å². The van der Waals surface area contributed by atoms with Crippen LogP contribution in [0.2, 0.25) is 0 Å². The van der Waals surface area contributed by atoms with Crippen LogP contribution >= 0.6 is 0 Å². The van der Waals surface area contributed by atoms with Gasteiger partial charge in [-0.3, -0.25) is 4.79 Å². The number of amides is 1. The predicted octanol–water partition coefficient (Wildman–Crippen LogP) is 18.5. The van der Waals surface area contributed by atoms with E-state index in [0.717, 1.165) is 32.1 Å². The number of allylic oxidation sites excluding steroid dienone is 4. The molecule has 0 radical (unpaired) electrons. The molecule has 0 aromatic heterocycles. The van der Waals surface area contributed by atoms with Crippen LogP contribution in [0.4, 0.5) is 0 Å². The quantitative estimate of drug-likeness (QED) is 0.0361. The summed E-state index contributed by atoms with van der Waals surface area (Å²) in [5.74, 6) is -0.279. The van der Waals surface area contributed by atoms with Crippen molar-refractivity contribution in [3.8, 4) is 0 Å². The van der Waals surface area contributed by atoms with E-state index in [2.05, 4.69) is 43.5 Å². The number of aliphatic hydroxyl groups is 3. The molecule has 0 aromatic carbocycles. The molecule has 3 atom stereocenters. The molecule has 0 aliphatic heterocycles. The monoisotopic (exact) mass is 916 g/mol. The lowest BCUT2D eigenvalue weighted by molar-refractivity contribution is -0.125. The Kier molecular flexibility index (Phi) is 54.4. The summed E-state index contributed by atoms with van der Waals surface area (Å²) in [4.78, 5) is 12.6. The minimum absolute atomic E-state index is 0.0375. The van der Waals surface area contributed by atoms with E-state index in [1.165, 1.54) is 263 Å². The highest BCUT2D eigenvalue weighted by molar-refractivity contribution is 5.76. The average Bonchev–Trinajstić information content (AvgIpc) is 3.30. The minimum atomic E-state index is -0.750. The fourth-order valence-corrected chi connectivity index (χ4v) is 9.50. The van der Waals surface area contributed by atoms with E-state index in [1.807, 2.05) is 0 Å². The number of rotatable bonds is 55. The fourth-order valence-electron chi connectivity index (χ4n) is 9.50. The third-order valence-corrected chi connectivity index (χ3v) is 14.0. The summed E-state index contributed by atoms with van der Waals surface area (Å²) >= 11 is 0. The number of unbranched alkanes of at least 4 members (excludes halogenated alkanes) is 42. The van der Waals surface area contributed by atoms with Crippen molar-refractivity contribution in [1.29, 1.82) is 0 Å². The maximum Gasteiger partial charge on any atom is 0.222 e. The lowest BCUT2D eigenvalue weighted by atomic mass is 10.0. The second kappa shape index (κ2) is 55.4. The summed E-state index contributed by atoms with van der Waals surface area (Å²) in [6.45, 7) is 4.30. The number of nitrogens with one attached hydrogen (secondary N) is 1. The third-order valence-electron chi connectivity index (χ3n) is 14.0. The summed E-state index contributed by atoms with van der Waals surface area (Å²) < 4.78 is 0. The molecular weight excluding hydrogens is 799 g/mol. The zero-order valence-corrected chi connectivity index (χ0v) is 44.1. The number of hydrogen-bond donors (Lipinski definition) is 4. The van der Waals surface area contributed by atoms with Gasteiger partial charge in [-0.15, -0.1) is 0 Å². The smallest absolute Gasteiger partial charge is 0.222 e. The minimum Gasteiger partial charge on any atom is -0.394 e. The first-order valence-corrected chi connectivity index (χ1v) is 29.6. The van der Waals surface area contributed by atoms with Crippen LogP contribution in [0, 0.1) is 0 Å². The first-order chi connectivity index (χ1) is 32.0. The second-order valence-corrected chi connectivity index (χ2v) is 20.6. The van der Waals surface area contributed by atoms with Gasteiger partial charge in [-0.1, -0.05) is 301 Å². The van der Waals surface area contributed by atoms with Gasteiger partial charge in [0.25, 0.3) is 0 Å². The maximum absolute atomic E-state index is 12.6. The van der Waals surface area contributed by atoms with Gasteiger partial charge in [0.2, 0.25) is 5.91 Å². The van der Waals surface area contributed by atoms with Gasteiger partial charge in [0.1, 0.15) is 0 Å². The van der Waals surface area contributed by atoms with Crippen LogP contribution in [0.15, 0.2) is 24.3 Å². The molecule has 5 nitrogen and oxygen atoms in total. The van der Waals surface area contributed by atoms with Crippen LogP contribution in [-0.4, -0.2) is 46.1 Å². The van der Waals surface area contributed by atoms with Crippen molar-refractivity contribution in [1.82, 2.24) is 5.32 Å². The Labute approximate surface area is 407 Å². The average molecular weight is 917 g/mol. The molecule has 0 bridgehead atoms. The molecule has 386 valence electrons. The normalized spacial score (nSPS) is 13.4. The van der Waals surface area contributed by atoms with Crippen molar-refractivity contribution >= 4 is 5.91 Å². The second-order valence-electron chi connectivity index (χ2n) is 20.6. The van der Waals surface area contributed by atoms with E-state index >= 15 is 0 Å². The molecule has 65 heavy (non-hydrogen) atoms. The Balaban J connectivity index is 3.52. The zero-order chi connectivity index (χ0) is 47.2. The standard InChI is InChI=1S/C60H117NO4/c1-3-5-7-9-11-13-15-17-19-21-23-25-27-28-29-30-32-33-35-37-39-41-43-45-47-49-51-53-57(63)55-60(65)61-58(56-62)59(64)54-52-50-48-46-44-42-40-38-36-34-31-26-24-22-20-18-16-14-12-10-8-6-4-2/h23,25,28-29,57-59,62-64H,3-22,24,26-27,30-56H2,1-2H3,(H,61,65)/b25-23-,29-28-. The lowest BCUT2D eigenvalue weighted by Gasteiger charge is -2.23. The van der Waals surface area contributed by atoms with E-state index in [4.69, 9.17) is 0 Å². The van der Waals surface area contributed by atoms with Gasteiger partial charge < -0.3 is 20.6 Å². The molecule has 4 N–H and O–H groups in total. The molecule has 0 heterocycles. The predicted molar refractivity (Wildman–Crippen MR) is 287 cm³/mol. The number of hydrogen-bond acceptors (Lipinski definition) is 4. The molecule has 5 heteroatoms. The Morgan fingerprint density at radius 2 is 0.662 bits per heavy atom. The summed E-state index contributed by atoms with van der Waals surface area (Å²) in [6.07, 6.45) is 70.6. The highest BCUT2D eigenvalue weighted by Crippen LogP contribution is 2.18. The number of carbonyl (C=O) groups excluding carboxylic acids is 1. The molecule has 0 saturated carbocycles. The van der Waals surface area contributed by atoms with E-state index < -0.39 is 18.2 Å². The highest BCUT2D eigenvalue weighted by atomic mass is 16.3. The maximum atomic E-state index is 12.6. The summed E-state index contributed by atoms with van der Waals surface area (Å²) in [7, 11) is 0. The molecule has 0 fully saturated rings. The van der Waals surface area contributed by atoms with Crippen molar-refractivity contribution in [2.24, 2.45) is 0 Å². The van der Waals surface area contributed by atoms with Crippen molar-refractivity contribution in [3.05, 3.63) is 24.3 Å². The van der Waals surface area contributed by atoms with Crippen molar-refractivity contribution in [3.63, 3.8) is 0 Å².